The topological polar surface area (TPSA) is 44.5 Å². The Morgan fingerprint density at radius 1 is 1.12 bits per heavy atom. The van der Waals surface area contributed by atoms with Gasteiger partial charge in [0.2, 0.25) is 0 Å². The van der Waals surface area contributed by atoms with Gasteiger partial charge in [0, 0.05) is 23.0 Å². The number of H-pyrrole nitrogens is 2. The highest BCUT2D eigenvalue weighted by molar-refractivity contribution is 5.84. The number of nitrogens with zero attached hydrogens (tertiary/aromatic N) is 1. The van der Waals surface area contributed by atoms with E-state index in [1.807, 2.05) is 30.5 Å². The van der Waals surface area contributed by atoms with Crippen LogP contribution in [0.5, 0.6) is 0 Å². The number of fused-ring (bicyclic) bond motifs is 1. The van der Waals surface area contributed by atoms with Gasteiger partial charge in [0.05, 0.1) is 6.20 Å². The molecule has 2 N–H and O–H groups in total. The van der Waals surface area contributed by atoms with Gasteiger partial charge in [-0.1, -0.05) is 18.2 Å². The third-order valence-corrected chi connectivity index (χ3v) is 2.53. The first-order valence-electron chi connectivity index (χ1n) is 5.16. The molecule has 0 aliphatic heterocycles. The Kier molecular flexibility index (Phi) is 2.07. The number of benzene rings is 1. The monoisotopic (exact) mass is 209 g/mol. The molecule has 0 saturated carbocycles. The zero-order valence-electron chi connectivity index (χ0n) is 8.64. The van der Waals surface area contributed by atoms with E-state index in [2.05, 4.69) is 33.4 Å². The SMILES string of the molecule is C(=Cc1cc2ccccc2[nH]1)c1cn[nH]c1. The van der Waals surface area contributed by atoms with Gasteiger partial charge in [0.1, 0.15) is 0 Å². The van der Waals surface area contributed by atoms with Crippen molar-refractivity contribution < 1.29 is 0 Å². The minimum absolute atomic E-state index is 1.07. The van der Waals surface area contributed by atoms with Gasteiger partial charge in [-0.25, -0.2) is 0 Å². The van der Waals surface area contributed by atoms with Crippen LogP contribution in [-0.2, 0) is 0 Å². The molecule has 3 aromatic rings. The Bertz CT molecular complexity index is 584. The number of rotatable bonds is 2. The van der Waals surface area contributed by atoms with E-state index in [-0.39, 0.29) is 0 Å². The lowest BCUT2D eigenvalue weighted by Gasteiger charge is -1.85. The number of nitrogens with one attached hydrogen (secondary N) is 2. The number of para-hydroxylation sites is 1. The highest BCUT2D eigenvalue weighted by Gasteiger charge is 1.96. The first kappa shape index (κ1) is 8.97. The van der Waals surface area contributed by atoms with Crippen LogP contribution in [0, 0.1) is 0 Å². The lowest BCUT2D eigenvalue weighted by atomic mass is 10.2. The Labute approximate surface area is 92.8 Å². The van der Waals surface area contributed by atoms with E-state index in [1.165, 1.54) is 5.39 Å². The summed E-state index contributed by atoms with van der Waals surface area (Å²) in [6, 6.07) is 10.4. The van der Waals surface area contributed by atoms with Crippen LogP contribution in [0.15, 0.2) is 42.7 Å². The fraction of sp³-hybridized carbons (Fsp3) is 0. The van der Waals surface area contributed by atoms with Gasteiger partial charge in [-0.2, -0.15) is 5.10 Å². The predicted molar refractivity (Wildman–Crippen MR) is 65.8 cm³/mol. The molecular weight excluding hydrogens is 198 g/mol. The van der Waals surface area contributed by atoms with E-state index in [0.717, 1.165) is 16.8 Å². The van der Waals surface area contributed by atoms with E-state index in [4.69, 9.17) is 0 Å². The van der Waals surface area contributed by atoms with Gasteiger partial charge in [-0.3, -0.25) is 5.10 Å². The van der Waals surface area contributed by atoms with Crippen molar-refractivity contribution in [3.05, 3.63) is 54.0 Å². The summed E-state index contributed by atoms with van der Waals surface area (Å²) in [6.45, 7) is 0. The van der Waals surface area contributed by atoms with Gasteiger partial charge < -0.3 is 4.98 Å². The van der Waals surface area contributed by atoms with Crippen LogP contribution in [0.4, 0.5) is 0 Å². The number of hydrogen-bond donors (Lipinski definition) is 2. The quantitative estimate of drug-likeness (QED) is 0.669. The molecule has 0 aliphatic carbocycles. The van der Waals surface area contributed by atoms with Crippen molar-refractivity contribution >= 4 is 23.1 Å². The molecule has 0 atom stereocenters. The average Bonchev–Trinajstić information content (AvgIpc) is 2.95. The summed E-state index contributed by atoms with van der Waals surface area (Å²) in [5.74, 6) is 0. The largest absolute Gasteiger partial charge is 0.355 e. The number of aromatic amines is 2. The van der Waals surface area contributed by atoms with E-state index in [0.29, 0.717) is 0 Å². The summed E-state index contributed by atoms with van der Waals surface area (Å²) in [4.78, 5) is 3.34. The molecule has 0 amide bonds. The molecule has 0 saturated heterocycles. The number of aromatic nitrogens is 3. The molecule has 3 heteroatoms. The highest BCUT2D eigenvalue weighted by Crippen LogP contribution is 2.16. The molecule has 3 nitrogen and oxygen atoms in total. The second kappa shape index (κ2) is 3.70. The molecule has 2 aromatic heterocycles. The molecular formula is C13H11N3. The van der Waals surface area contributed by atoms with Crippen LogP contribution in [0.25, 0.3) is 23.1 Å². The van der Waals surface area contributed by atoms with Crippen molar-refractivity contribution in [3.8, 4) is 0 Å². The van der Waals surface area contributed by atoms with Crippen LogP contribution in [0.2, 0.25) is 0 Å². The zero-order chi connectivity index (χ0) is 10.8. The van der Waals surface area contributed by atoms with Gasteiger partial charge in [-0.05, 0) is 29.7 Å². The lowest BCUT2D eigenvalue weighted by Crippen LogP contribution is -1.68. The standard InChI is InChI=1S/C13H11N3/c1-2-4-13-11(3-1)7-12(16-13)6-5-10-8-14-15-9-10/h1-9,16H,(H,14,15). The van der Waals surface area contributed by atoms with Gasteiger partial charge in [0.25, 0.3) is 0 Å². The van der Waals surface area contributed by atoms with Crippen LogP contribution in [-0.4, -0.2) is 15.2 Å². The molecule has 0 radical (unpaired) electrons. The second-order valence-electron chi connectivity index (χ2n) is 3.68. The summed E-state index contributed by atoms with van der Waals surface area (Å²) in [7, 11) is 0. The van der Waals surface area contributed by atoms with Gasteiger partial charge in [-0.15, -0.1) is 0 Å². The summed E-state index contributed by atoms with van der Waals surface area (Å²) in [6.07, 6.45) is 7.72. The van der Waals surface area contributed by atoms with Gasteiger partial charge >= 0.3 is 0 Å². The highest BCUT2D eigenvalue weighted by atomic mass is 15.1. The summed E-state index contributed by atoms with van der Waals surface area (Å²) in [5.41, 5.74) is 3.33. The minimum Gasteiger partial charge on any atom is -0.355 e. The lowest BCUT2D eigenvalue weighted by molar-refractivity contribution is 1.09. The zero-order valence-corrected chi connectivity index (χ0v) is 8.64. The minimum atomic E-state index is 1.07. The predicted octanol–water partition coefficient (Wildman–Crippen LogP) is 3.06. The van der Waals surface area contributed by atoms with E-state index < -0.39 is 0 Å². The van der Waals surface area contributed by atoms with Crippen LogP contribution in [0.1, 0.15) is 11.3 Å². The maximum absolute atomic E-state index is 3.89. The third-order valence-electron chi connectivity index (χ3n) is 2.53. The average molecular weight is 209 g/mol. The molecule has 0 bridgehead atoms. The first-order valence-corrected chi connectivity index (χ1v) is 5.16. The molecule has 16 heavy (non-hydrogen) atoms. The Balaban J connectivity index is 1.95. The van der Waals surface area contributed by atoms with Crippen LogP contribution in [0.3, 0.4) is 0 Å². The van der Waals surface area contributed by atoms with Crippen LogP contribution >= 0.6 is 0 Å². The first-order chi connectivity index (χ1) is 7.92. The second-order valence-corrected chi connectivity index (χ2v) is 3.68. The van der Waals surface area contributed by atoms with Crippen molar-refractivity contribution in [2.75, 3.05) is 0 Å². The Morgan fingerprint density at radius 3 is 2.88 bits per heavy atom. The summed E-state index contributed by atoms with van der Waals surface area (Å²) < 4.78 is 0. The smallest absolute Gasteiger partial charge is 0.0559 e. The fourth-order valence-corrected chi connectivity index (χ4v) is 1.72. The van der Waals surface area contributed by atoms with E-state index >= 15 is 0 Å². The third kappa shape index (κ3) is 1.63. The van der Waals surface area contributed by atoms with Crippen molar-refractivity contribution in [1.82, 2.24) is 15.2 Å². The normalized spacial score (nSPS) is 11.5. The molecule has 3 rings (SSSR count). The fourth-order valence-electron chi connectivity index (χ4n) is 1.72. The Hall–Kier alpha value is -2.29. The molecule has 0 fully saturated rings. The van der Waals surface area contributed by atoms with Crippen molar-refractivity contribution in [2.45, 2.75) is 0 Å². The number of hydrogen-bond acceptors (Lipinski definition) is 1. The molecule has 0 spiro atoms. The summed E-state index contributed by atoms with van der Waals surface area (Å²) >= 11 is 0. The molecule has 1 aromatic carbocycles. The van der Waals surface area contributed by atoms with Gasteiger partial charge in [0.15, 0.2) is 0 Å². The van der Waals surface area contributed by atoms with Crippen molar-refractivity contribution in [1.29, 1.82) is 0 Å². The van der Waals surface area contributed by atoms with Crippen LogP contribution < -0.4 is 0 Å². The molecule has 2 heterocycles. The molecule has 0 aliphatic rings. The van der Waals surface area contributed by atoms with Crippen molar-refractivity contribution in [2.24, 2.45) is 0 Å². The molecule has 0 unspecified atom stereocenters. The van der Waals surface area contributed by atoms with E-state index in [9.17, 15) is 0 Å². The Morgan fingerprint density at radius 2 is 2.06 bits per heavy atom. The summed E-state index contributed by atoms with van der Waals surface area (Å²) in [5, 5.41) is 7.90. The van der Waals surface area contributed by atoms with E-state index in [1.54, 1.807) is 6.20 Å². The van der Waals surface area contributed by atoms with Crippen molar-refractivity contribution in [3.63, 3.8) is 0 Å². The molecule has 78 valence electrons. The maximum atomic E-state index is 3.89. The maximum Gasteiger partial charge on any atom is 0.0559 e.